The quantitative estimate of drug-likeness (QED) is 0.0658. The van der Waals surface area contributed by atoms with Crippen molar-refractivity contribution in [2.45, 2.75) is 31.0 Å². The van der Waals surface area contributed by atoms with E-state index in [4.69, 9.17) is 10.5 Å². The molecule has 1 atom stereocenters. The SMILES string of the molecule is CCCCOC(=O)C(Br)Cc1cccc(C(=O)c2ccc(F)cc2)c1.Nc1cccc(C(=O)c2ccc(F)cc2)c1. The van der Waals surface area contributed by atoms with Crippen molar-refractivity contribution in [3.05, 3.63) is 137 Å². The lowest BCUT2D eigenvalue weighted by molar-refractivity contribution is -0.142. The van der Waals surface area contributed by atoms with Crippen LogP contribution in [0.2, 0.25) is 0 Å². The van der Waals surface area contributed by atoms with Crippen LogP contribution >= 0.6 is 15.9 Å². The molecule has 212 valence electrons. The summed E-state index contributed by atoms with van der Waals surface area (Å²) in [7, 11) is 0. The van der Waals surface area contributed by atoms with Gasteiger partial charge in [-0.1, -0.05) is 59.6 Å². The number of hydrogen-bond donors (Lipinski definition) is 1. The number of hydrogen-bond acceptors (Lipinski definition) is 5. The molecule has 2 N–H and O–H groups in total. The predicted molar refractivity (Wildman–Crippen MR) is 159 cm³/mol. The number of benzene rings is 4. The Kier molecular flexibility index (Phi) is 11.9. The van der Waals surface area contributed by atoms with Gasteiger partial charge in [-0.15, -0.1) is 0 Å². The molecule has 8 heteroatoms. The Bertz CT molecular complexity index is 1470. The van der Waals surface area contributed by atoms with Crippen LogP contribution in [0.5, 0.6) is 0 Å². The summed E-state index contributed by atoms with van der Waals surface area (Å²) in [5.74, 6) is -1.38. The van der Waals surface area contributed by atoms with Gasteiger partial charge in [-0.2, -0.15) is 0 Å². The molecule has 0 radical (unpaired) electrons. The Morgan fingerprint density at radius 1 is 0.756 bits per heavy atom. The van der Waals surface area contributed by atoms with E-state index in [-0.39, 0.29) is 29.2 Å². The highest BCUT2D eigenvalue weighted by molar-refractivity contribution is 9.10. The Balaban J connectivity index is 0.000000248. The van der Waals surface area contributed by atoms with Crippen molar-refractivity contribution in [1.82, 2.24) is 0 Å². The predicted octanol–water partition coefficient (Wildman–Crippen LogP) is 7.34. The average Bonchev–Trinajstić information content (AvgIpc) is 2.98. The maximum Gasteiger partial charge on any atom is 0.320 e. The van der Waals surface area contributed by atoms with E-state index in [1.165, 1.54) is 48.5 Å². The van der Waals surface area contributed by atoms with Crippen LogP contribution < -0.4 is 5.73 Å². The van der Waals surface area contributed by atoms with Crippen molar-refractivity contribution in [1.29, 1.82) is 0 Å². The highest BCUT2D eigenvalue weighted by Crippen LogP contribution is 2.17. The Labute approximate surface area is 246 Å². The summed E-state index contributed by atoms with van der Waals surface area (Å²) in [6.07, 6.45) is 2.23. The molecule has 0 fully saturated rings. The van der Waals surface area contributed by atoms with Crippen LogP contribution in [0.3, 0.4) is 0 Å². The third kappa shape index (κ3) is 9.76. The molecule has 4 rings (SSSR count). The summed E-state index contributed by atoms with van der Waals surface area (Å²) in [4.78, 5) is 35.9. The zero-order chi connectivity index (χ0) is 29.8. The third-order valence-electron chi connectivity index (χ3n) is 5.96. The number of anilines is 1. The summed E-state index contributed by atoms with van der Waals surface area (Å²) >= 11 is 3.35. The maximum atomic E-state index is 13.0. The van der Waals surface area contributed by atoms with Gasteiger partial charge in [-0.05, 0) is 85.1 Å². The minimum Gasteiger partial charge on any atom is -0.465 e. The number of unbranched alkanes of at least 4 members (excludes halogenated alkanes) is 1. The van der Waals surface area contributed by atoms with Gasteiger partial charge < -0.3 is 10.5 Å². The molecule has 0 saturated carbocycles. The molecule has 4 aromatic carbocycles. The zero-order valence-corrected chi connectivity index (χ0v) is 24.1. The van der Waals surface area contributed by atoms with Gasteiger partial charge in [0.15, 0.2) is 11.6 Å². The molecule has 0 amide bonds. The minimum atomic E-state index is -0.458. The van der Waals surface area contributed by atoms with Gasteiger partial charge in [0, 0.05) is 27.9 Å². The zero-order valence-electron chi connectivity index (χ0n) is 22.5. The van der Waals surface area contributed by atoms with E-state index in [2.05, 4.69) is 15.9 Å². The van der Waals surface area contributed by atoms with Crippen molar-refractivity contribution in [2.75, 3.05) is 12.3 Å². The number of esters is 1. The normalized spacial score (nSPS) is 11.1. The van der Waals surface area contributed by atoms with Gasteiger partial charge in [-0.25, -0.2) is 8.78 Å². The van der Waals surface area contributed by atoms with E-state index in [0.717, 1.165) is 18.4 Å². The van der Waals surface area contributed by atoms with E-state index in [0.29, 0.717) is 41.0 Å². The van der Waals surface area contributed by atoms with E-state index in [1.807, 2.05) is 13.0 Å². The van der Waals surface area contributed by atoms with E-state index < -0.39 is 4.83 Å². The first-order chi connectivity index (χ1) is 19.7. The number of alkyl halides is 1. The van der Waals surface area contributed by atoms with Crippen LogP contribution in [-0.2, 0) is 16.0 Å². The van der Waals surface area contributed by atoms with Gasteiger partial charge >= 0.3 is 5.97 Å². The van der Waals surface area contributed by atoms with Gasteiger partial charge in [-0.3, -0.25) is 14.4 Å². The molecule has 0 aromatic heterocycles. The molecule has 0 saturated heterocycles. The number of carbonyl (C=O) groups is 3. The Morgan fingerprint density at radius 3 is 1.78 bits per heavy atom. The first-order valence-electron chi connectivity index (χ1n) is 13.0. The third-order valence-corrected chi connectivity index (χ3v) is 6.66. The number of nitrogens with two attached hydrogens (primary N) is 1. The highest BCUT2D eigenvalue weighted by atomic mass is 79.9. The fourth-order valence-electron chi connectivity index (χ4n) is 3.75. The maximum absolute atomic E-state index is 13.0. The van der Waals surface area contributed by atoms with Crippen LogP contribution in [0.15, 0.2) is 97.1 Å². The molecule has 4 aromatic rings. The largest absolute Gasteiger partial charge is 0.465 e. The van der Waals surface area contributed by atoms with Crippen molar-refractivity contribution in [2.24, 2.45) is 0 Å². The fraction of sp³-hybridized carbons (Fsp3) is 0.182. The van der Waals surface area contributed by atoms with Crippen LogP contribution in [0, 0.1) is 11.6 Å². The number of nitrogen functional groups attached to an aromatic ring is 1. The molecule has 0 aliphatic heterocycles. The second-order valence-electron chi connectivity index (χ2n) is 9.19. The van der Waals surface area contributed by atoms with Crippen molar-refractivity contribution in [3.8, 4) is 0 Å². The molecule has 0 spiro atoms. The topological polar surface area (TPSA) is 86.5 Å². The second kappa shape index (κ2) is 15.6. The molecule has 1 unspecified atom stereocenters. The summed E-state index contributed by atoms with van der Waals surface area (Å²) in [6, 6.07) is 24.7. The molecule has 0 aliphatic rings. The summed E-state index contributed by atoms with van der Waals surface area (Å²) in [5.41, 5.74) is 8.85. The Hall–Kier alpha value is -4.17. The number of ether oxygens (including phenoxy) is 1. The number of ketones is 2. The van der Waals surface area contributed by atoms with Crippen LogP contribution in [0.25, 0.3) is 0 Å². The summed E-state index contributed by atoms with van der Waals surface area (Å²) in [6.45, 7) is 2.45. The van der Waals surface area contributed by atoms with Gasteiger partial charge in [0.05, 0.1) is 6.61 Å². The average molecular weight is 623 g/mol. The van der Waals surface area contributed by atoms with Crippen molar-refractivity contribution in [3.63, 3.8) is 0 Å². The first kappa shape index (κ1) is 31.4. The summed E-state index contributed by atoms with van der Waals surface area (Å²) < 4.78 is 30.9. The standard InChI is InChI=1S/C20H20BrFO3.C13H10FNO/c1-2-3-11-25-20(24)18(21)13-14-5-4-6-16(12-14)19(23)15-7-9-17(22)10-8-15;14-11-6-4-9(5-7-11)13(16)10-2-1-3-12(15)8-10/h4-10,12,18H,2-3,11,13H2,1H3;1-8H,15H2. The Morgan fingerprint density at radius 2 is 1.27 bits per heavy atom. The van der Waals surface area contributed by atoms with Crippen molar-refractivity contribution >= 4 is 39.2 Å². The van der Waals surface area contributed by atoms with E-state index in [9.17, 15) is 23.2 Å². The van der Waals surface area contributed by atoms with Crippen LogP contribution in [0.1, 0.15) is 57.2 Å². The van der Waals surface area contributed by atoms with Gasteiger partial charge in [0.25, 0.3) is 0 Å². The lowest BCUT2D eigenvalue weighted by Crippen LogP contribution is -2.20. The van der Waals surface area contributed by atoms with E-state index in [1.54, 1.807) is 42.5 Å². The monoisotopic (exact) mass is 621 g/mol. The number of halogens is 3. The molecule has 0 heterocycles. The highest BCUT2D eigenvalue weighted by Gasteiger charge is 2.18. The minimum absolute atomic E-state index is 0.160. The molecule has 5 nitrogen and oxygen atoms in total. The lowest BCUT2D eigenvalue weighted by atomic mass is 9.99. The molecule has 0 bridgehead atoms. The molecular formula is C33H30BrF2NO4. The summed E-state index contributed by atoms with van der Waals surface area (Å²) in [5, 5.41) is 0. The number of carbonyl (C=O) groups excluding carboxylic acids is 3. The molecule has 0 aliphatic carbocycles. The smallest absolute Gasteiger partial charge is 0.320 e. The van der Waals surface area contributed by atoms with Crippen molar-refractivity contribution < 1.29 is 27.9 Å². The van der Waals surface area contributed by atoms with Gasteiger partial charge in [0.1, 0.15) is 16.5 Å². The van der Waals surface area contributed by atoms with Crippen LogP contribution in [0.4, 0.5) is 14.5 Å². The molecule has 41 heavy (non-hydrogen) atoms. The fourth-order valence-corrected chi connectivity index (χ4v) is 4.26. The van der Waals surface area contributed by atoms with Crippen LogP contribution in [-0.4, -0.2) is 29.0 Å². The lowest BCUT2D eigenvalue weighted by Gasteiger charge is -2.11. The second-order valence-corrected chi connectivity index (χ2v) is 10.3. The van der Waals surface area contributed by atoms with E-state index >= 15 is 0 Å². The number of rotatable bonds is 10. The van der Waals surface area contributed by atoms with Gasteiger partial charge in [0.2, 0.25) is 0 Å². The first-order valence-corrected chi connectivity index (χ1v) is 13.9. The molecular weight excluding hydrogens is 592 g/mol.